The molecule has 0 radical (unpaired) electrons. The fourth-order valence-corrected chi connectivity index (χ4v) is 5.47. The Bertz CT molecular complexity index is 1100. The monoisotopic (exact) mass is 431 g/mol. The van der Waals surface area contributed by atoms with Crippen LogP contribution < -0.4 is 5.19 Å². The Hall–Kier alpha value is -3.17. The van der Waals surface area contributed by atoms with Crippen LogP contribution in [0.4, 0.5) is 0 Å². The van der Waals surface area contributed by atoms with E-state index in [9.17, 15) is 10.1 Å². The zero-order chi connectivity index (χ0) is 22.9. The molecule has 5 nitrogen and oxygen atoms in total. The predicted octanol–water partition coefficient (Wildman–Crippen LogP) is 4.27. The largest absolute Gasteiger partial charge is 0.434 e. The molecule has 0 bridgehead atoms. The van der Waals surface area contributed by atoms with Crippen LogP contribution in [-0.2, 0) is 26.9 Å². The Morgan fingerprint density at radius 2 is 1.90 bits per heavy atom. The number of carbonyl (C=O) groups excluding carboxylic acids is 1. The van der Waals surface area contributed by atoms with E-state index in [0.717, 1.165) is 17.5 Å². The highest BCUT2D eigenvalue weighted by Gasteiger charge is 2.60. The Morgan fingerprint density at radius 1 is 1.26 bits per heavy atom. The second-order valence-electron chi connectivity index (χ2n) is 8.83. The van der Waals surface area contributed by atoms with Crippen molar-refractivity contribution in [3.8, 4) is 6.07 Å². The molecular weight excluding hydrogens is 402 g/mol. The van der Waals surface area contributed by atoms with Gasteiger partial charge in [0.15, 0.2) is 5.41 Å². The van der Waals surface area contributed by atoms with Gasteiger partial charge in [0.05, 0.1) is 31.8 Å². The Balaban J connectivity index is 2.36. The average molecular weight is 432 g/mol. The maximum atomic E-state index is 13.6. The summed E-state index contributed by atoms with van der Waals surface area (Å²) in [6, 6.07) is 12.4. The number of esters is 1. The first-order chi connectivity index (χ1) is 14.7. The van der Waals surface area contributed by atoms with Crippen molar-refractivity contribution in [1.29, 1.82) is 5.26 Å². The molecule has 2 aromatic rings. The predicted molar refractivity (Wildman–Crippen MR) is 126 cm³/mol. The van der Waals surface area contributed by atoms with E-state index < -0.39 is 24.9 Å². The van der Waals surface area contributed by atoms with Gasteiger partial charge >= 0.3 is 5.97 Å². The molecule has 2 atom stereocenters. The van der Waals surface area contributed by atoms with Crippen LogP contribution in [0.15, 0.2) is 67.5 Å². The van der Waals surface area contributed by atoms with Crippen LogP contribution in [0.25, 0.3) is 0 Å². The molecule has 3 rings (SSSR count). The van der Waals surface area contributed by atoms with Gasteiger partial charge in [0.25, 0.3) is 0 Å². The second-order valence-corrected chi connectivity index (χ2v) is 13.9. The van der Waals surface area contributed by atoms with Crippen molar-refractivity contribution in [2.24, 2.45) is 0 Å². The number of allylic oxidation sites excluding steroid dienone is 3. The number of nitriles is 1. The number of nitrogens with zero attached hydrogens (tertiary/aromatic N) is 3. The minimum absolute atomic E-state index is 0.555. The van der Waals surface area contributed by atoms with Crippen molar-refractivity contribution in [2.45, 2.75) is 50.9 Å². The minimum atomic E-state index is -1.52. The highest BCUT2D eigenvalue weighted by atomic mass is 28.3. The van der Waals surface area contributed by atoms with Gasteiger partial charge in [-0.2, -0.15) is 10.4 Å². The number of carbonyl (C=O) groups is 1. The lowest BCUT2D eigenvalue weighted by Crippen LogP contribution is -2.54. The number of rotatable bonds is 6. The number of benzene rings is 1. The maximum absolute atomic E-state index is 13.6. The molecule has 1 aliphatic carbocycles. The first-order valence-corrected chi connectivity index (χ1v) is 13.9. The van der Waals surface area contributed by atoms with Gasteiger partial charge in [0.1, 0.15) is 5.41 Å². The number of aryl methyl sites for hydroxylation is 2. The highest BCUT2D eigenvalue weighted by Crippen LogP contribution is 2.49. The molecule has 1 aromatic carbocycles. The topological polar surface area (TPSA) is 67.9 Å². The number of aromatic nitrogens is 2. The van der Waals surface area contributed by atoms with Crippen LogP contribution in [-0.4, -0.2) is 23.8 Å². The molecule has 1 aliphatic rings. The molecule has 0 fully saturated rings. The zero-order valence-corrected chi connectivity index (χ0v) is 19.8. The normalized spacial score (nSPS) is 22.7. The second kappa shape index (κ2) is 8.16. The van der Waals surface area contributed by atoms with E-state index in [2.05, 4.69) is 49.5 Å². The van der Waals surface area contributed by atoms with Crippen molar-refractivity contribution in [3.63, 3.8) is 0 Å². The summed E-state index contributed by atoms with van der Waals surface area (Å²) in [5.41, 5.74) is -0.593. The lowest BCUT2D eigenvalue weighted by atomic mass is 9.57. The average Bonchev–Trinajstić information content (AvgIpc) is 3.14. The smallest absolute Gasteiger partial charge is 0.329 e. The van der Waals surface area contributed by atoms with E-state index in [1.54, 1.807) is 22.9 Å². The third-order valence-electron chi connectivity index (χ3n) is 5.93. The van der Waals surface area contributed by atoms with E-state index in [1.807, 2.05) is 38.1 Å². The van der Waals surface area contributed by atoms with Gasteiger partial charge in [0.2, 0.25) is 0 Å². The highest BCUT2D eigenvalue weighted by molar-refractivity contribution is 6.88. The molecule has 31 heavy (non-hydrogen) atoms. The van der Waals surface area contributed by atoms with Gasteiger partial charge in [-0.3, -0.25) is 9.48 Å². The summed E-state index contributed by atoms with van der Waals surface area (Å²) in [5.74, 6) is -0.562. The number of ether oxygens (including phenoxy) is 1. The summed E-state index contributed by atoms with van der Waals surface area (Å²) in [4.78, 5) is 13.6. The summed E-state index contributed by atoms with van der Waals surface area (Å²) in [6.07, 6.45) is 8.28. The van der Waals surface area contributed by atoms with Crippen molar-refractivity contribution < 1.29 is 9.53 Å². The van der Waals surface area contributed by atoms with Crippen molar-refractivity contribution in [1.82, 2.24) is 9.78 Å². The molecule has 0 amide bonds. The van der Waals surface area contributed by atoms with Crippen LogP contribution in [0.1, 0.15) is 23.9 Å². The third kappa shape index (κ3) is 3.49. The van der Waals surface area contributed by atoms with Gasteiger partial charge in [-0.05, 0) is 25.5 Å². The van der Waals surface area contributed by atoms with Crippen molar-refractivity contribution in [3.05, 3.63) is 84.4 Å². The molecule has 2 unspecified atom stereocenters. The molecular formula is C25H29N3O2Si. The Morgan fingerprint density at radius 3 is 2.45 bits per heavy atom. The van der Waals surface area contributed by atoms with E-state index in [-0.39, 0.29) is 0 Å². The minimum Gasteiger partial charge on any atom is -0.434 e. The lowest BCUT2D eigenvalue weighted by molar-refractivity contribution is -0.144. The first-order valence-electron chi connectivity index (χ1n) is 10.4. The van der Waals surface area contributed by atoms with Gasteiger partial charge < -0.3 is 4.74 Å². The third-order valence-corrected chi connectivity index (χ3v) is 7.99. The Kier molecular flexibility index (Phi) is 5.93. The zero-order valence-electron chi connectivity index (χ0n) is 18.8. The fourth-order valence-electron chi connectivity index (χ4n) is 4.30. The lowest BCUT2D eigenvalue weighted by Gasteiger charge is -2.42. The molecule has 0 aliphatic heterocycles. The van der Waals surface area contributed by atoms with Crippen LogP contribution >= 0.6 is 0 Å². The van der Waals surface area contributed by atoms with Gasteiger partial charge in [-0.15, -0.1) is 0 Å². The maximum Gasteiger partial charge on any atom is 0.329 e. The first kappa shape index (κ1) is 22.5. The van der Waals surface area contributed by atoms with E-state index >= 15 is 0 Å². The van der Waals surface area contributed by atoms with Crippen LogP contribution in [0, 0.1) is 18.3 Å². The molecule has 6 heteroatoms. The van der Waals surface area contributed by atoms with E-state index in [4.69, 9.17) is 4.74 Å². The quantitative estimate of drug-likeness (QED) is 0.389. The molecule has 0 saturated heterocycles. The molecule has 0 N–H and O–H groups in total. The van der Waals surface area contributed by atoms with Gasteiger partial charge in [-0.25, -0.2) is 0 Å². The van der Waals surface area contributed by atoms with Gasteiger partial charge in [-0.1, -0.05) is 80.0 Å². The number of hydrogen-bond acceptors (Lipinski definition) is 4. The van der Waals surface area contributed by atoms with Crippen molar-refractivity contribution >= 4 is 19.2 Å². The summed E-state index contributed by atoms with van der Waals surface area (Å²) < 4.78 is 7.13. The molecule has 0 saturated carbocycles. The van der Waals surface area contributed by atoms with Gasteiger partial charge in [0, 0.05) is 6.54 Å². The molecule has 1 heterocycles. The summed E-state index contributed by atoms with van der Waals surface area (Å²) in [6.45, 7) is 14.8. The van der Waals surface area contributed by atoms with E-state index in [0.29, 0.717) is 12.2 Å². The fraction of sp³-hybridized carbons (Fsp3) is 0.320. The summed E-state index contributed by atoms with van der Waals surface area (Å²) in [5, 5.41) is 16.5. The Labute approximate surface area is 185 Å². The van der Waals surface area contributed by atoms with Crippen LogP contribution in [0.2, 0.25) is 19.6 Å². The standard InChI is InChI=1S/C25H29N3O2Si/c1-7-28-22(17-19(3)27-28)25(23(29)30-8-2)16-10-9-15-24(25,18-26)20-11-13-21(14-12-20)31(4,5)6/h8-17H,2,7H2,1,3-6H3. The molecule has 160 valence electrons. The van der Waals surface area contributed by atoms with Crippen LogP contribution in [0.3, 0.4) is 0 Å². The SMILES string of the molecule is C=COC(=O)C1(c2cc(C)nn2CC)C=CC=CC1(C#N)c1ccc([Si](C)(C)C)cc1. The number of hydrogen-bond donors (Lipinski definition) is 0. The van der Waals surface area contributed by atoms with E-state index in [1.165, 1.54) is 5.19 Å². The van der Waals surface area contributed by atoms with Crippen LogP contribution in [0.5, 0.6) is 0 Å². The summed E-state index contributed by atoms with van der Waals surface area (Å²) in [7, 11) is -1.52. The summed E-state index contributed by atoms with van der Waals surface area (Å²) >= 11 is 0. The van der Waals surface area contributed by atoms with Crippen molar-refractivity contribution in [2.75, 3.05) is 0 Å². The molecule has 1 aromatic heterocycles. The molecule has 0 spiro atoms.